The maximum absolute atomic E-state index is 10.2. The summed E-state index contributed by atoms with van der Waals surface area (Å²) >= 11 is 0. The first-order valence-electron chi connectivity index (χ1n) is 5.27. The third-order valence-electron chi connectivity index (χ3n) is 2.56. The lowest BCUT2D eigenvalue weighted by atomic mass is 10.0. The average molecular weight is 214 g/mol. The summed E-state index contributed by atoms with van der Waals surface area (Å²) in [5.41, 5.74) is 4.49. The summed E-state index contributed by atoms with van der Waals surface area (Å²) in [4.78, 5) is 10.2. The number of rotatable bonds is 2. The fourth-order valence-electron chi connectivity index (χ4n) is 1.95. The van der Waals surface area contributed by atoms with Gasteiger partial charge in [-0.1, -0.05) is 17.7 Å². The van der Waals surface area contributed by atoms with Crippen LogP contribution in [0.15, 0.2) is 29.9 Å². The number of fused-ring (bicyclic) bond motifs is 1. The highest BCUT2D eigenvalue weighted by Crippen LogP contribution is 2.31. The van der Waals surface area contributed by atoms with Crippen molar-refractivity contribution in [1.29, 1.82) is 0 Å². The van der Waals surface area contributed by atoms with Gasteiger partial charge in [-0.25, -0.2) is 0 Å². The molecule has 2 nitrogen and oxygen atoms in total. The van der Waals surface area contributed by atoms with Crippen LogP contribution in [0, 0.1) is 13.8 Å². The highest BCUT2D eigenvalue weighted by molar-refractivity contribution is 5.70. The number of allylic oxidation sites excluding steroid dienone is 1. The van der Waals surface area contributed by atoms with E-state index in [1.165, 1.54) is 11.6 Å². The lowest BCUT2D eigenvalue weighted by molar-refractivity contribution is -0.104. The first-order valence-corrected chi connectivity index (χ1v) is 5.27. The molecule has 0 aromatic heterocycles. The van der Waals surface area contributed by atoms with Crippen LogP contribution in [-0.2, 0) is 4.79 Å². The van der Waals surface area contributed by atoms with Gasteiger partial charge in [0.2, 0.25) is 0 Å². The fourth-order valence-corrected chi connectivity index (χ4v) is 1.95. The van der Waals surface area contributed by atoms with Crippen LogP contribution in [0.5, 0.6) is 5.75 Å². The van der Waals surface area contributed by atoms with Crippen LogP contribution in [0.4, 0.5) is 0 Å². The Labute approximate surface area is 95.2 Å². The van der Waals surface area contributed by atoms with E-state index in [2.05, 4.69) is 25.1 Å². The molecule has 0 bridgehead atoms. The summed E-state index contributed by atoms with van der Waals surface area (Å²) in [6, 6.07) is 4.20. The molecule has 0 radical (unpaired) electrons. The Bertz CT molecular complexity index is 482. The van der Waals surface area contributed by atoms with Crippen molar-refractivity contribution in [3.05, 3.63) is 46.5 Å². The van der Waals surface area contributed by atoms with Gasteiger partial charge in [0.1, 0.15) is 18.6 Å². The quantitative estimate of drug-likeness (QED) is 0.559. The summed E-state index contributed by atoms with van der Waals surface area (Å²) in [6.07, 6.45) is 6.12. The van der Waals surface area contributed by atoms with Crippen molar-refractivity contribution < 1.29 is 9.53 Å². The lowest BCUT2D eigenvalue weighted by Crippen LogP contribution is -2.07. The van der Waals surface area contributed by atoms with Crippen molar-refractivity contribution in [2.24, 2.45) is 0 Å². The van der Waals surface area contributed by atoms with Crippen LogP contribution >= 0.6 is 0 Å². The number of aldehydes is 1. The highest BCUT2D eigenvalue weighted by atomic mass is 16.5. The molecule has 0 unspecified atom stereocenters. The molecule has 16 heavy (non-hydrogen) atoms. The molecule has 0 atom stereocenters. The van der Waals surface area contributed by atoms with Crippen molar-refractivity contribution in [1.82, 2.24) is 0 Å². The second-order valence-electron chi connectivity index (χ2n) is 4.00. The van der Waals surface area contributed by atoms with E-state index in [-0.39, 0.29) is 0 Å². The second-order valence-corrected chi connectivity index (χ2v) is 4.00. The summed E-state index contributed by atoms with van der Waals surface area (Å²) in [7, 11) is 0. The van der Waals surface area contributed by atoms with Gasteiger partial charge in [0.15, 0.2) is 0 Å². The molecule has 0 fully saturated rings. The minimum Gasteiger partial charge on any atom is -0.488 e. The zero-order chi connectivity index (χ0) is 11.5. The topological polar surface area (TPSA) is 26.3 Å². The van der Waals surface area contributed by atoms with E-state index in [1.807, 2.05) is 6.92 Å². The highest BCUT2D eigenvalue weighted by Gasteiger charge is 2.12. The largest absolute Gasteiger partial charge is 0.488 e. The monoisotopic (exact) mass is 214 g/mol. The summed E-state index contributed by atoms with van der Waals surface area (Å²) in [5, 5.41) is 0. The molecule has 1 aliphatic heterocycles. The van der Waals surface area contributed by atoms with Crippen LogP contribution in [0.1, 0.15) is 16.7 Å². The lowest BCUT2D eigenvalue weighted by Gasteiger charge is -2.18. The fraction of sp³-hybridized carbons (Fsp3) is 0.214. The molecule has 0 saturated heterocycles. The van der Waals surface area contributed by atoms with Crippen molar-refractivity contribution in [3.63, 3.8) is 0 Å². The molecule has 0 saturated carbocycles. The molecule has 2 rings (SSSR count). The minimum absolute atomic E-state index is 0.529. The molecule has 0 N–H and O–H groups in total. The average Bonchev–Trinajstić information content (AvgIpc) is 2.25. The first-order chi connectivity index (χ1) is 7.70. The normalized spacial score (nSPS) is 14.2. The van der Waals surface area contributed by atoms with E-state index < -0.39 is 0 Å². The summed E-state index contributed by atoms with van der Waals surface area (Å²) < 4.78 is 5.68. The van der Waals surface area contributed by atoms with E-state index in [4.69, 9.17) is 4.74 Å². The number of aryl methyl sites for hydroxylation is 2. The number of benzene rings is 1. The van der Waals surface area contributed by atoms with E-state index in [1.54, 1.807) is 6.08 Å². The Morgan fingerprint density at radius 1 is 1.31 bits per heavy atom. The number of carbonyl (C=O) groups is 1. The molecule has 1 aromatic rings. The molecule has 0 amide bonds. The zero-order valence-corrected chi connectivity index (χ0v) is 9.49. The third-order valence-corrected chi connectivity index (χ3v) is 2.56. The van der Waals surface area contributed by atoms with Crippen LogP contribution in [0.25, 0.3) is 6.08 Å². The minimum atomic E-state index is 0.529. The van der Waals surface area contributed by atoms with Gasteiger partial charge in [0.05, 0.1) is 0 Å². The molecule has 2 heteroatoms. The van der Waals surface area contributed by atoms with Gasteiger partial charge in [-0.3, -0.25) is 4.79 Å². The predicted molar refractivity (Wildman–Crippen MR) is 64.6 cm³/mol. The maximum Gasteiger partial charge on any atom is 0.142 e. The van der Waals surface area contributed by atoms with Gasteiger partial charge < -0.3 is 4.74 Å². The Balaban J connectivity index is 2.43. The van der Waals surface area contributed by atoms with Gasteiger partial charge in [-0.05, 0) is 43.2 Å². The van der Waals surface area contributed by atoms with Crippen molar-refractivity contribution >= 4 is 12.4 Å². The van der Waals surface area contributed by atoms with E-state index >= 15 is 0 Å². The van der Waals surface area contributed by atoms with Gasteiger partial charge in [0.25, 0.3) is 0 Å². The predicted octanol–water partition coefficient (Wildman–Crippen LogP) is 2.83. The Hall–Kier alpha value is -1.83. The molecule has 1 aromatic carbocycles. The molecule has 0 aliphatic carbocycles. The molecular weight excluding hydrogens is 200 g/mol. The Morgan fingerprint density at radius 2 is 2.12 bits per heavy atom. The summed E-state index contributed by atoms with van der Waals surface area (Å²) in [6.45, 7) is 4.64. The van der Waals surface area contributed by atoms with Crippen molar-refractivity contribution in [2.45, 2.75) is 13.8 Å². The Kier molecular flexibility index (Phi) is 2.91. The molecule has 1 heterocycles. The third kappa shape index (κ3) is 2.06. The number of hydrogen-bond donors (Lipinski definition) is 0. The number of hydrogen-bond acceptors (Lipinski definition) is 2. The van der Waals surface area contributed by atoms with Gasteiger partial charge >= 0.3 is 0 Å². The summed E-state index contributed by atoms with van der Waals surface area (Å²) in [5.74, 6) is 0.953. The number of ether oxygens (including phenoxy) is 1. The van der Waals surface area contributed by atoms with Crippen LogP contribution in [-0.4, -0.2) is 12.9 Å². The maximum atomic E-state index is 10.2. The van der Waals surface area contributed by atoms with Gasteiger partial charge in [-0.15, -0.1) is 0 Å². The second kappa shape index (κ2) is 4.35. The Morgan fingerprint density at radius 3 is 2.88 bits per heavy atom. The van der Waals surface area contributed by atoms with E-state index in [0.717, 1.165) is 28.7 Å². The van der Waals surface area contributed by atoms with E-state index in [9.17, 15) is 4.79 Å². The molecule has 1 aliphatic rings. The molecule has 82 valence electrons. The van der Waals surface area contributed by atoms with Crippen LogP contribution in [0.2, 0.25) is 0 Å². The smallest absolute Gasteiger partial charge is 0.142 e. The van der Waals surface area contributed by atoms with Crippen LogP contribution < -0.4 is 4.74 Å². The molecule has 0 spiro atoms. The van der Waals surface area contributed by atoms with E-state index in [0.29, 0.717) is 6.61 Å². The van der Waals surface area contributed by atoms with Gasteiger partial charge in [-0.2, -0.15) is 0 Å². The van der Waals surface area contributed by atoms with Gasteiger partial charge in [0, 0.05) is 5.56 Å². The first kappa shape index (κ1) is 10.7. The van der Waals surface area contributed by atoms with Crippen LogP contribution in [0.3, 0.4) is 0 Å². The molecular formula is C14H14O2. The van der Waals surface area contributed by atoms with Crippen molar-refractivity contribution in [2.75, 3.05) is 6.61 Å². The standard InChI is InChI=1S/C14H14O2/c1-10-6-11(2)14-13(7-10)8-12(9-16-14)4-3-5-15/h3-8H,9H2,1-2H3. The number of carbonyl (C=O) groups excluding carboxylic acids is 1. The SMILES string of the molecule is Cc1cc(C)c2c(c1)C=C(C=CC=O)CO2. The zero-order valence-electron chi connectivity index (χ0n) is 9.49. The van der Waals surface area contributed by atoms with Crippen molar-refractivity contribution in [3.8, 4) is 5.75 Å².